The largest absolute Gasteiger partial charge is 0.465 e. The number of benzene rings is 2. The van der Waals surface area contributed by atoms with Gasteiger partial charge in [-0.3, -0.25) is 4.79 Å². The quantitative estimate of drug-likeness (QED) is 0.477. The van der Waals surface area contributed by atoms with Gasteiger partial charge in [0, 0.05) is 4.90 Å². The van der Waals surface area contributed by atoms with Gasteiger partial charge in [0.1, 0.15) is 7.85 Å². The van der Waals surface area contributed by atoms with Gasteiger partial charge < -0.3 is 4.74 Å². The summed E-state index contributed by atoms with van der Waals surface area (Å²) < 4.78 is 4.89. The van der Waals surface area contributed by atoms with Crippen molar-refractivity contribution in [2.45, 2.75) is 11.8 Å². The third kappa shape index (κ3) is 2.88. The van der Waals surface area contributed by atoms with Crippen molar-refractivity contribution in [2.75, 3.05) is 12.4 Å². The Bertz CT molecular complexity index is 569. The Morgan fingerprint density at radius 1 is 1.28 bits per heavy atom. The topological polar surface area (TPSA) is 26.3 Å². The maximum atomic E-state index is 11.3. The number of ether oxygens (including phenoxy) is 1. The van der Waals surface area contributed by atoms with E-state index >= 15 is 0 Å². The minimum atomic E-state index is -0.213. The second kappa shape index (κ2) is 5.96. The van der Waals surface area contributed by atoms with Crippen LogP contribution in [-0.2, 0) is 9.53 Å². The monoisotopic (exact) mass is 256 g/mol. The molecule has 0 atom stereocenters. The zero-order chi connectivity index (χ0) is 13.0. The molecule has 0 aromatic heterocycles. The van der Waals surface area contributed by atoms with E-state index in [0.29, 0.717) is 6.61 Å². The van der Waals surface area contributed by atoms with Gasteiger partial charge in [-0.15, -0.1) is 11.8 Å². The lowest BCUT2D eigenvalue weighted by molar-refractivity contribution is -0.139. The molecule has 2 rings (SSSR count). The molecule has 0 N–H and O–H groups in total. The minimum absolute atomic E-state index is 0.213. The molecule has 2 nitrogen and oxygen atoms in total. The molecule has 0 aliphatic carbocycles. The molecule has 0 spiro atoms. The van der Waals surface area contributed by atoms with Crippen molar-refractivity contribution in [3.05, 3.63) is 36.4 Å². The third-order valence-corrected chi connectivity index (χ3v) is 3.63. The molecular formula is C14H13BO2S. The van der Waals surface area contributed by atoms with E-state index in [-0.39, 0.29) is 11.7 Å². The highest BCUT2D eigenvalue weighted by Crippen LogP contribution is 2.20. The molecule has 0 amide bonds. The molecule has 2 aromatic carbocycles. The van der Waals surface area contributed by atoms with Gasteiger partial charge in [0.25, 0.3) is 0 Å². The van der Waals surface area contributed by atoms with Crippen molar-refractivity contribution in [3.63, 3.8) is 0 Å². The predicted octanol–water partition coefficient (Wildman–Crippen LogP) is 2.29. The number of fused-ring (bicyclic) bond motifs is 1. The van der Waals surface area contributed by atoms with E-state index in [0.717, 1.165) is 21.1 Å². The standard InChI is InChI=1S/C14H13BO2S/c1-2-17-13(16)9-18-12-8-7-10-5-3-4-6-11(10)14(12)15/h3-8H,2,9H2,1H3. The van der Waals surface area contributed by atoms with Crippen molar-refractivity contribution in [1.82, 2.24) is 0 Å². The molecular weight excluding hydrogens is 243 g/mol. The van der Waals surface area contributed by atoms with Crippen LogP contribution in [0.25, 0.3) is 10.8 Å². The van der Waals surface area contributed by atoms with E-state index in [1.54, 1.807) is 6.92 Å². The lowest BCUT2D eigenvalue weighted by atomic mass is 9.90. The first-order valence-electron chi connectivity index (χ1n) is 5.78. The lowest BCUT2D eigenvalue weighted by Crippen LogP contribution is -2.11. The Hall–Kier alpha value is -1.42. The van der Waals surface area contributed by atoms with Crippen LogP contribution in [-0.4, -0.2) is 26.2 Å². The molecule has 18 heavy (non-hydrogen) atoms. The van der Waals surface area contributed by atoms with Crippen molar-refractivity contribution >= 4 is 41.8 Å². The second-order valence-electron chi connectivity index (χ2n) is 3.79. The van der Waals surface area contributed by atoms with Crippen molar-refractivity contribution in [3.8, 4) is 0 Å². The maximum absolute atomic E-state index is 11.3. The molecule has 2 radical (unpaired) electrons. The molecule has 4 heteroatoms. The number of esters is 1. The number of rotatable bonds is 4. The summed E-state index contributed by atoms with van der Waals surface area (Å²) in [7, 11) is 6.11. The summed E-state index contributed by atoms with van der Waals surface area (Å²) in [5, 5.41) is 2.13. The summed E-state index contributed by atoms with van der Waals surface area (Å²) in [6, 6.07) is 11.9. The molecule has 0 bridgehead atoms. The van der Waals surface area contributed by atoms with Crippen LogP contribution < -0.4 is 5.46 Å². The molecule has 90 valence electrons. The molecule has 0 unspecified atom stereocenters. The van der Waals surface area contributed by atoms with Crippen LogP contribution >= 0.6 is 11.8 Å². The van der Waals surface area contributed by atoms with Crippen LogP contribution in [0.2, 0.25) is 0 Å². The highest BCUT2D eigenvalue weighted by molar-refractivity contribution is 8.00. The number of hydrogen-bond donors (Lipinski definition) is 0. The van der Waals surface area contributed by atoms with Crippen molar-refractivity contribution in [1.29, 1.82) is 0 Å². The van der Waals surface area contributed by atoms with E-state index in [4.69, 9.17) is 12.6 Å². The highest BCUT2D eigenvalue weighted by Gasteiger charge is 2.07. The normalized spacial score (nSPS) is 10.5. The Morgan fingerprint density at radius 3 is 2.83 bits per heavy atom. The fourth-order valence-electron chi connectivity index (χ4n) is 1.74. The van der Waals surface area contributed by atoms with E-state index in [9.17, 15) is 4.79 Å². The zero-order valence-electron chi connectivity index (χ0n) is 10.2. The van der Waals surface area contributed by atoms with E-state index in [2.05, 4.69) is 0 Å². The van der Waals surface area contributed by atoms with Gasteiger partial charge in [-0.25, -0.2) is 0 Å². The fourth-order valence-corrected chi connectivity index (χ4v) is 2.53. The Labute approximate surface area is 112 Å². The van der Waals surface area contributed by atoms with Crippen molar-refractivity contribution in [2.24, 2.45) is 0 Å². The number of carbonyl (C=O) groups is 1. The zero-order valence-corrected chi connectivity index (χ0v) is 11.0. The van der Waals surface area contributed by atoms with E-state index < -0.39 is 0 Å². The molecule has 0 saturated carbocycles. The summed E-state index contributed by atoms with van der Waals surface area (Å²) in [5.74, 6) is 0.0752. The molecule has 2 aromatic rings. The second-order valence-corrected chi connectivity index (χ2v) is 4.81. The van der Waals surface area contributed by atoms with Gasteiger partial charge >= 0.3 is 5.97 Å². The first-order valence-corrected chi connectivity index (χ1v) is 6.76. The SMILES string of the molecule is [B]c1c(SCC(=O)OCC)ccc2ccccc12. The first-order chi connectivity index (χ1) is 8.72. The van der Waals surface area contributed by atoms with Crippen LogP contribution in [0.5, 0.6) is 0 Å². The Morgan fingerprint density at radius 2 is 2.06 bits per heavy atom. The average Bonchev–Trinajstić information content (AvgIpc) is 2.39. The molecule has 0 saturated heterocycles. The van der Waals surface area contributed by atoms with Crippen molar-refractivity contribution < 1.29 is 9.53 Å². The van der Waals surface area contributed by atoms with E-state index in [1.807, 2.05) is 36.4 Å². The maximum Gasteiger partial charge on any atom is 0.316 e. The Kier molecular flexibility index (Phi) is 4.31. The van der Waals surface area contributed by atoms with Crippen LogP contribution in [0.4, 0.5) is 0 Å². The summed E-state index contributed by atoms with van der Waals surface area (Å²) >= 11 is 1.41. The highest BCUT2D eigenvalue weighted by atomic mass is 32.2. The fraction of sp³-hybridized carbons (Fsp3) is 0.214. The molecule has 0 aliphatic rings. The number of thioether (sulfide) groups is 1. The predicted molar refractivity (Wildman–Crippen MR) is 76.7 cm³/mol. The smallest absolute Gasteiger partial charge is 0.316 e. The van der Waals surface area contributed by atoms with Gasteiger partial charge in [-0.1, -0.05) is 35.8 Å². The van der Waals surface area contributed by atoms with E-state index in [1.165, 1.54) is 11.8 Å². The summed E-state index contributed by atoms with van der Waals surface area (Å²) in [4.78, 5) is 12.2. The van der Waals surface area contributed by atoms with Gasteiger partial charge in [-0.2, -0.15) is 0 Å². The third-order valence-electron chi connectivity index (χ3n) is 2.58. The van der Waals surface area contributed by atoms with Gasteiger partial charge in [-0.05, 0) is 23.8 Å². The van der Waals surface area contributed by atoms with Crippen LogP contribution in [0, 0.1) is 0 Å². The van der Waals surface area contributed by atoms with Crippen LogP contribution in [0.1, 0.15) is 6.92 Å². The van der Waals surface area contributed by atoms with Gasteiger partial charge in [0.15, 0.2) is 0 Å². The Balaban J connectivity index is 2.19. The minimum Gasteiger partial charge on any atom is -0.465 e. The van der Waals surface area contributed by atoms with Crippen LogP contribution in [0.3, 0.4) is 0 Å². The number of carbonyl (C=O) groups excluding carboxylic acids is 1. The average molecular weight is 256 g/mol. The first kappa shape index (κ1) is 13.0. The molecule has 0 aliphatic heterocycles. The molecule has 0 heterocycles. The molecule has 0 fully saturated rings. The van der Waals surface area contributed by atoms with Gasteiger partial charge in [0.2, 0.25) is 0 Å². The summed E-state index contributed by atoms with van der Waals surface area (Å²) in [5.41, 5.74) is 0.724. The summed E-state index contributed by atoms with van der Waals surface area (Å²) in [6.07, 6.45) is 0. The number of hydrogen-bond acceptors (Lipinski definition) is 3. The summed E-state index contributed by atoms with van der Waals surface area (Å²) in [6.45, 7) is 2.21. The van der Waals surface area contributed by atoms with Crippen LogP contribution in [0.15, 0.2) is 41.3 Å². The van der Waals surface area contributed by atoms with Gasteiger partial charge in [0.05, 0.1) is 12.4 Å². The lowest BCUT2D eigenvalue weighted by Gasteiger charge is -2.09.